The zero-order valence-electron chi connectivity index (χ0n) is 57.9. The number of carbonyl (C=O) groups excluding carboxylic acids is 2. The summed E-state index contributed by atoms with van der Waals surface area (Å²) in [6.45, 7) is 4.33. The van der Waals surface area contributed by atoms with Gasteiger partial charge in [0.2, 0.25) is 0 Å². The van der Waals surface area contributed by atoms with Gasteiger partial charge in [-0.05, 0) is 103 Å². The van der Waals surface area contributed by atoms with Gasteiger partial charge < -0.3 is 18.9 Å². The summed E-state index contributed by atoms with van der Waals surface area (Å²) >= 11 is 0. The van der Waals surface area contributed by atoms with Crippen LogP contribution in [0.1, 0.15) is 322 Å². The number of esters is 2. The SMILES string of the molecule is CC/C=C\C/C=C\C/C=C\C/C=C\C/C=C\C/C=C\C/C=C\C/C=C\CCCCCCCCC(=O)OC(COC(=O)CCCCCCCCCCCCCCCCCCCCCCC/C=C\CCCCCCCCCC)COP(=O)(O)OCC[N+](C)(C)C. The predicted octanol–water partition coefficient (Wildman–Crippen LogP) is 24.1. The zero-order chi connectivity index (χ0) is 64.1. The van der Waals surface area contributed by atoms with Crippen LogP contribution in [-0.2, 0) is 32.7 Å². The quantitative estimate of drug-likeness (QED) is 0.0211. The fourth-order valence-corrected chi connectivity index (χ4v) is 10.9. The van der Waals surface area contributed by atoms with Crippen LogP contribution in [0.15, 0.2) is 109 Å². The molecule has 0 saturated heterocycles. The molecule has 0 aromatic heterocycles. The molecular formula is C78H139NO8P+. The van der Waals surface area contributed by atoms with Crippen LogP contribution < -0.4 is 0 Å². The van der Waals surface area contributed by atoms with Crippen molar-refractivity contribution in [1.29, 1.82) is 0 Å². The van der Waals surface area contributed by atoms with Crippen molar-refractivity contribution in [2.24, 2.45) is 0 Å². The Bertz CT molecular complexity index is 1850. The maximum atomic E-state index is 12.9. The van der Waals surface area contributed by atoms with E-state index >= 15 is 0 Å². The fraction of sp³-hybridized carbons (Fsp3) is 0.744. The molecule has 508 valence electrons. The standard InChI is InChI=1S/C78H138NO8P/c1-6-8-10-12-14-16-18-20-22-24-26-28-30-32-34-36-38-39-41-42-44-46-48-50-52-54-56-58-60-62-64-66-68-70-77(80)84-74-76(75-86-88(82,83)85-73-72-79(3,4)5)87-78(81)71-69-67-65-63-61-59-57-55-53-51-49-47-45-43-40-37-35-33-31-29-27-25-23-21-19-17-15-13-11-9-7-2/h9,11,15,17,21,23-24,26-27,29,33,35,40,43,47,49,53,55,76H,6-8,10,12-14,16,18-20,22,25,28,30-32,34,36-39,41-42,44-46,48,50-52,54,56-75H2,1-5H3/p+1/b11-9-,17-15-,23-21-,26-24-,29-27-,35-33-,43-40-,49-47-,55-53-. The van der Waals surface area contributed by atoms with E-state index in [0.29, 0.717) is 17.4 Å². The molecule has 0 bridgehead atoms. The van der Waals surface area contributed by atoms with E-state index < -0.39 is 26.5 Å². The Hall–Kier alpha value is -3.33. The summed E-state index contributed by atoms with van der Waals surface area (Å²) in [5, 5.41) is 0. The lowest BCUT2D eigenvalue weighted by Gasteiger charge is -2.24. The van der Waals surface area contributed by atoms with Crippen LogP contribution in [-0.4, -0.2) is 74.9 Å². The molecular weight excluding hydrogens is 1110 g/mol. The summed E-state index contributed by atoms with van der Waals surface area (Å²) in [4.78, 5) is 35.9. The van der Waals surface area contributed by atoms with Crippen LogP contribution in [0.5, 0.6) is 0 Å². The number of ether oxygens (including phenoxy) is 2. The van der Waals surface area contributed by atoms with Crippen molar-refractivity contribution in [2.45, 2.75) is 328 Å². The van der Waals surface area contributed by atoms with Gasteiger partial charge in [0.25, 0.3) is 0 Å². The minimum absolute atomic E-state index is 0.0245. The number of phosphoric acid groups is 1. The second-order valence-corrected chi connectivity index (χ2v) is 27.0. The van der Waals surface area contributed by atoms with Crippen LogP contribution >= 0.6 is 7.82 Å². The Morgan fingerprint density at radius 1 is 0.364 bits per heavy atom. The monoisotopic (exact) mass is 1250 g/mol. The Kier molecular flexibility index (Phi) is 65.5. The van der Waals surface area contributed by atoms with Gasteiger partial charge in [-0.2, -0.15) is 0 Å². The van der Waals surface area contributed by atoms with Crippen molar-refractivity contribution in [3.8, 4) is 0 Å². The van der Waals surface area contributed by atoms with Gasteiger partial charge in [-0.1, -0.05) is 316 Å². The molecule has 0 aromatic rings. The highest BCUT2D eigenvalue weighted by Gasteiger charge is 2.27. The van der Waals surface area contributed by atoms with E-state index in [1.807, 2.05) is 21.1 Å². The van der Waals surface area contributed by atoms with Gasteiger partial charge in [0.05, 0.1) is 27.7 Å². The molecule has 0 aromatic carbocycles. The van der Waals surface area contributed by atoms with Crippen LogP contribution in [0, 0.1) is 0 Å². The van der Waals surface area contributed by atoms with Crippen LogP contribution in [0.4, 0.5) is 0 Å². The van der Waals surface area contributed by atoms with Crippen molar-refractivity contribution in [2.75, 3.05) is 47.5 Å². The van der Waals surface area contributed by atoms with E-state index in [9.17, 15) is 19.0 Å². The van der Waals surface area contributed by atoms with Gasteiger partial charge in [0.15, 0.2) is 6.10 Å². The summed E-state index contributed by atoms with van der Waals surface area (Å²) < 4.78 is 34.7. The smallest absolute Gasteiger partial charge is 0.462 e. The van der Waals surface area contributed by atoms with Gasteiger partial charge >= 0.3 is 19.8 Å². The minimum atomic E-state index is -4.40. The summed E-state index contributed by atoms with van der Waals surface area (Å²) in [6.07, 6.45) is 96.3. The fourth-order valence-electron chi connectivity index (χ4n) is 10.2. The van der Waals surface area contributed by atoms with Crippen LogP contribution in [0.2, 0.25) is 0 Å². The van der Waals surface area contributed by atoms with Gasteiger partial charge in [0.1, 0.15) is 19.8 Å². The molecule has 2 unspecified atom stereocenters. The molecule has 0 spiro atoms. The summed E-state index contributed by atoms with van der Waals surface area (Å²) in [7, 11) is 1.46. The van der Waals surface area contributed by atoms with E-state index in [1.165, 1.54) is 180 Å². The normalized spacial score (nSPS) is 13.8. The lowest BCUT2D eigenvalue weighted by atomic mass is 10.0. The molecule has 1 N–H and O–H groups in total. The van der Waals surface area contributed by atoms with Crippen molar-refractivity contribution in [3.63, 3.8) is 0 Å². The average molecular weight is 1250 g/mol. The maximum Gasteiger partial charge on any atom is 0.472 e. The topological polar surface area (TPSA) is 108 Å². The summed E-state index contributed by atoms with van der Waals surface area (Å²) in [5.74, 6) is -0.809. The minimum Gasteiger partial charge on any atom is -0.462 e. The van der Waals surface area contributed by atoms with E-state index in [2.05, 4.69) is 123 Å². The Morgan fingerprint density at radius 2 is 0.648 bits per heavy atom. The first-order chi connectivity index (χ1) is 43.0. The van der Waals surface area contributed by atoms with E-state index in [-0.39, 0.29) is 32.0 Å². The van der Waals surface area contributed by atoms with Gasteiger partial charge in [-0.3, -0.25) is 18.6 Å². The molecule has 88 heavy (non-hydrogen) atoms. The zero-order valence-corrected chi connectivity index (χ0v) is 58.8. The number of likely N-dealkylation sites (N-methyl/N-ethyl adjacent to an activating group) is 1. The molecule has 10 heteroatoms. The molecule has 2 atom stereocenters. The summed E-state index contributed by atoms with van der Waals surface area (Å²) in [5.41, 5.74) is 0. The van der Waals surface area contributed by atoms with Gasteiger partial charge in [-0.15, -0.1) is 0 Å². The van der Waals surface area contributed by atoms with Gasteiger partial charge in [-0.25, -0.2) is 4.57 Å². The molecule has 0 heterocycles. The van der Waals surface area contributed by atoms with Crippen molar-refractivity contribution >= 4 is 19.8 Å². The number of allylic oxidation sites excluding steroid dienone is 18. The Balaban J connectivity index is 4.06. The first-order valence-corrected chi connectivity index (χ1v) is 38.1. The predicted molar refractivity (Wildman–Crippen MR) is 381 cm³/mol. The number of carbonyl (C=O) groups is 2. The molecule has 9 nitrogen and oxygen atoms in total. The van der Waals surface area contributed by atoms with E-state index in [4.69, 9.17) is 18.5 Å². The number of rotatable bonds is 67. The Labute approximate surface area is 544 Å². The first-order valence-electron chi connectivity index (χ1n) is 36.6. The largest absolute Gasteiger partial charge is 0.472 e. The molecule has 0 radical (unpaired) electrons. The molecule has 0 saturated carbocycles. The molecule has 0 fully saturated rings. The second kappa shape index (κ2) is 68.0. The lowest BCUT2D eigenvalue weighted by Crippen LogP contribution is -2.37. The average Bonchev–Trinajstić information content (AvgIpc) is 3.68. The highest BCUT2D eigenvalue weighted by Crippen LogP contribution is 2.43. The lowest BCUT2D eigenvalue weighted by molar-refractivity contribution is -0.870. The number of nitrogens with zero attached hydrogens (tertiary/aromatic N) is 1. The Morgan fingerprint density at radius 3 is 0.977 bits per heavy atom. The number of unbranched alkanes of at least 4 members (excludes halogenated alkanes) is 35. The van der Waals surface area contributed by atoms with Crippen LogP contribution in [0.25, 0.3) is 0 Å². The third-order valence-electron chi connectivity index (χ3n) is 15.8. The van der Waals surface area contributed by atoms with Gasteiger partial charge in [0, 0.05) is 12.8 Å². The first kappa shape index (κ1) is 84.7. The third kappa shape index (κ3) is 71.7. The molecule has 0 aliphatic rings. The number of quaternary nitrogens is 1. The molecule has 0 aliphatic heterocycles. The third-order valence-corrected chi connectivity index (χ3v) is 16.8. The molecule has 0 aliphatic carbocycles. The number of phosphoric ester groups is 1. The second-order valence-electron chi connectivity index (χ2n) is 25.6. The number of hydrogen-bond acceptors (Lipinski definition) is 7. The van der Waals surface area contributed by atoms with Crippen LogP contribution in [0.3, 0.4) is 0 Å². The van der Waals surface area contributed by atoms with Crippen molar-refractivity contribution in [3.05, 3.63) is 109 Å². The van der Waals surface area contributed by atoms with Crippen molar-refractivity contribution in [1.82, 2.24) is 0 Å². The number of hydrogen-bond donors (Lipinski definition) is 1. The highest BCUT2D eigenvalue weighted by atomic mass is 31.2. The summed E-state index contributed by atoms with van der Waals surface area (Å²) in [6, 6.07) is 0. The molecule has 0 rings (SSSR count). The molecule has 0 amide bonds. The highest BCUT2D eigenvalue weighted by molar-refractivity contribution is 7.47. The van der Waals surface area contributed by atoms with E-state index in [1.54, 1.807) is 0 Å². The van der Waals surface area contributed by atoms with Crippen molar-refractivity contribution < 1.29 is 42.1 Å². The maximum absolute atomic E-state index is 12.9. The van der Waals surface area contributed by atoms with E-state index in [0.717, 1.165) is 109 Å².